The third-order valence-corrected chi connectivity index (χ3v) is 7.01. The van der Waals surface area contributed by atoms with Crippen LogP contribution in [-0.4, -0.2) is 51.9 Å². The van der Waals surface area contributed by atoms with Crippen molar-refractivity contribution < 1.29 is 41.4 Å². The molecule has 0 saturated carbocycles. The van der Waals surface area contributed by atoms with Crippen LogP contribution in [0, 0.1) is 6.92 Å². The van der Waals surface area contributed by atoms with E-state index < -0.39 is 23.8 Å². The van der Waals surface area contributed by atoms with Gasteiger partial charge in [-0.15, -0.1) is 0 Å². The van der Waals surface area contributed by atoms with E-state index in [0.717, 1.165) is 12.1 Å². The van der Waals surface area contributed by atoms with Crippen LogP contribution in [-0.2, 0) is 22.1 Å². The molecule has 0 bridgehead atoms. The molecule has 1 aromatic carbocycles. The lowest BCUT2D eigenvalue weighted by molar-refractivity contribution is -0.142. The van der Waals surface area contributed by atoms with Gasteiger partial charge in [0, 0.05) is 30.6 Å². The quantitative estimate of drug-likeness (QED) is 0.217. The molecule has 1 aliphatic rings. The van der Waals surface area contributed by atoms with Gasteiger partial charge >= 0.3 is 18.2 Å². The minimum atomic E-state index is -4.51. The van der Waals surface area contributed by atoms with Gasteiger partial charge in [0.05, 0.1) is 11.3 Å². The highest BCUT2D eigenvalue weighted by Crippen LogP contribution is 2.34. The first kappa shape index (κ1) is 29.0. The number of rotatable bonds is 9. The number of hydrogen-bond donors (Lipinski definition) is 0. The molecule has 0 unspecified atom stereocenters. The Balaban J connectivity index is 1.29. The zero-order valence-corrected chi connectivity index (χ0v) is 22.3. The second kappa shape index (κ2) is 12.9. The second-order valence-corrected chi connectivity index (χ2v) is 9.99. The van der Waals surface area contributed by atoms with Gasteiger partial charge < -0.3 is 23.5 Å². The summed E-state index contributed by atoms with van der Waals surface area (Å²) in [4.78, 5) is 34.3. The summed E-state index contributed by atoms with van der Waals surface area (Å²) in [5, 5.41) is 0.594. The van der Waals surface area contributed by atoms with Gasteiger partial charge in [0.1, 0.15) is 18.8 Å². The minimum absolute atomic E-state index is 0.0162. The Morgan fingerprint density at radius 3 is 2.55 bits per heavy atom. The zero-order chi connectivity index (χ0) is 28.7. The number of likely N-dealkylation sites (tertiary alicyclic amines) is 1. The molecule has 0 spiro atoms. The van der Waals surface area contributed by atoms with Crippen molar-refractivity contribution in [2.45, 2.75) is 42.8 Å². The van der Waals surface area contributed by atoms with Crippen molar-refractivity contribution in [3.05, 3.63) is 72.3 Å². The molecular formula is C27H26F3N3O6S. The molecule has 13 heteroatoms. The highest BCUT2D eigenvalue weighted by molar-refractivity contribution is 7.99. The maximum atomic E-state index is 12.8. The largest absolute Gasteiger partial charge is 0.461 e. The predicted molar refractivity (Wildman–Crippen MR) is 138 cm³/mol. The van der Waals surface area contributed by atoms with E-state index in [1.165, 1.54) is 30.0 Å². The number of oxazole rings is 1. The fourth-order valence-electron chi connectivity index (χ4n) is 3.75. The number of esters is 1. The summed E-state index contributed by atoms with van der Waals surface area (Å²) in [7, 11) is 0. The molecule has 0 atom stereocenters. The summed E-state index contributed by atoms with van der Waals surface area (Å²) in [6.07, 6.45) is -1.63. The maximum absolute atomic E-state index is 12.8. The topological polar surface area (TPSA) is 104 Å². The number of amides is 1. The lowest BCUT2D eigenvalue weighted by atomic mass is 10.1. The molecule has 212 valence electrons. The van der Waals surface area contributed by atoms with Gasteiger partial charge in [-0.05, 0) is 38.0 Å². The van der Waals surface area contributed by atoms with Gasteiger partial charge in [-0.25, -0.2) is 14.8 Å². The van der Waals surface area contributed by atoms with Crippen LogP contribution in [0.3, 0.4) is 0 Å². The first-order valence-corrected chi connectivity index (χ1v) is 13.2. The van der Waals surface area contributed by atoms with Crippen molar-refractivity contribution in [3.8, 4) is 17.4 Å². The van der Waals surface area contributed by atoms with Crippen molar-refractivity contribution in [2.75, 3.05) is 19.7 Å². The Morgan fingerprint density at radius 1 is 1.18 bits per heavy atom. The lowest BCUT2D eigenvalue weighted by Crippen LogP contribution is -2.40. The molecule has 1 aliphatic heterocycles. The highest BCUT2D eigenvalue weighted by atomic mass is 32.2. The molecule has 1 amide bonds. The van der Waals surface area contributed by atoms with E-state index in [2.05, 4.69) is 16.5 Å². The third kappa shape index (κ3) is 7.78. The number of halogens is 3. The zero-order valence-electron chi connectivity index (χ0n) is 21.5. The standard InChI is InChI=1S/C27H26F3N3O6S/c1-3-14-36-24(34)15-22-17(2)32-25(38-22)40-19-10-12-33(13-11-19)26(35)39-21-7-5-4-6-20(21)37-23-9-8-18(16-31-23)27(28,29)30/h3-9,16,19H,1,10-15H2,2H3. The van der Waals surface area contributed by atoms with E-state index in [1.807, 2.05) is 0 Å². The number of carbonyl (C=O) groups is 2. The van der Waals surface area contributed by atoms with Crippen molar-refractivity contribution in [3.63, 3.8) is 0 Å². The molecular weight excluding hydrogens is 551 g/mol. The fraction of sp³-hybridized carbons (Fsp3) is 0.333. The molecule has 0 aliphatic carbocycles. The molecule has 3 aromatic rings. The van der Waals surface area contributed by atoms with Crippen LogP contribution in [0.2, 0.25) is 0 Å². The van der Waals surface area contributed by atoms with Crippen molar-refractivity contribution in [1.82, 2.24) is 14.9 Å². The number of aryl methyl sites for hydroxylation is 1. The smallest absolute Gasteiger partial charge is 0.417 e. The van der Waals surface area contributed by atoms with Gasteiger partial charge in [-0.2, -0.15) is 13.2 Å². The summed E-state index contributed by atoms with van der Waals surface area (Å²) >= 11 is 1.45. The summed E-state index contributed by atoms with van der Waals surface area (Å²) in [6.45, 7) is 6.26. The first-order chi connectivity index (χ1) is 19.1. The average Bonchev–Trinajstić information content (AvgIpc) is 3.26. The number of piperidine rings is 1. The third-order valence-electron chi connectivity index (χ3n) is 5.83. The van der Waals surface area contributed by atoms with E-state index >= 15 is 0 Å². The van der Waals surface area contributed by atoms with E-state index in [9.17, 15) is 22.8 Å². The Morgan fingerprint density at radius 2 is 1.90 bits per heavy atom. The number of hydrogen-bond acceptors (Lipinski definition) is 9. The van der Waals surface area contributed by atoms with Crippen LogP contribution in [0.1, 0.15) is 29.9 Å². The van der Waals surface area contributed by atoms with Gasteiger partial charge in [0.15, 0.2) is 11.5 Å². The summed E-state index contributed by atoms with van der Waals surface area (Å²) in [5.74, 6) is 0.195. The summed E-state index contributed by atoms with van der Waals surface area (Å²) in [5.41, 5.74) is -0.282. The van der Waals surface area contributed by atoms with Crippen LogP contribution >= 0.6 is 11.8 Å². The number of nitrogens with zero attached hydrogens (tertiary/aromatic N) is 3. The molecule has 0 radical (unpaired) electrons. The Bertz CT molecular complexity index is 1340. The van der Waals surface area contributed by atoms with Gasteiger partial charge in [-0.1, -0.05) is 36.5 Å². The molecule has 9 nitrogen and oxygen atoms in total. The van der Waals surface area contributed by atoms with Crippen LogP contribution in [0.25, 0.3) is 0 Å². The normalized spacial score (nSPS) is 14.1. The molecule has 4 rings (SSSR count). The SMILES string of the molecule is C=CCOC(=O)Cc1oc(SC2CCN(C(=O)Oc3ccccc3Oc3ccc(C(F)(F)F)cn3)CC2)nc1C. The molecule has 2 aromatic heterocycles. The van der Waals surface area contributed by atoms with E-state index in [-0.39, 0.29) is 35.7 Å². The van der Waals surface area contributed by atoms with Crippen molar-refractivity contribution in [1.29, 1.82) is 0 Å². The number of ether oxygens (including phenoxy) is 3. The van der Waals surface area contributed by atoms with Crippen molar-refractivity contribution in [2.24, 2.45) is 0 Å². The van der Waals surface area contributed by atoms with Gasteiger partial charge in [0.25, 0.3) is 5.22 Å². The van der Waals surface area contributed by atoms with Gasteiger partial charge in [0.2, 0.25) is 5.88 Å². The molecule has 3 heterocycles. The second-order valence-electron chi connectivity index (χ2n) is 8.74. The van der Waals surface area contributed by atoms with Crippen molar-refractivity contribution >= 4 is 23.8 Å². The number of pyridine rings is 1. The lowest BCUT2D eigenvalue weighted by Gasteiger charge is -2.30. The van der Waals surface area contributed by atoms with Crippen LogP contribution in [0.5, 0.6) is 17.4 Å². The number of alkyl halides is 3. The Kier molecular flexibility index (Phi) is 9.35. The highest BCUT2D eigenvalue weighted by Gasteiger charge is 2.31. The fourth-order valence-corrected chi connectivity index (χ4v) is 4.82. The summed E-state index contributed by atoms with van der Waals surface area (Å²) < 4.78 is 60.2. The van der Waals surface area contributed by atoms with E-state index in [1.54, 1.807) is 24.0 Å². The summed E-state index contributed by atoms with van der Waals surface area (Å²) in [6, 6.07) is 8.28. The van der Waals surface area contributed by atoms with Crippen LogP contribution in [0.4, 0.5) is 18.0 Å². The van der Waals surface area contributed by atoms with E-state index in [0.29, 0.717) is 48.8 Å². The average molecular weight is 578 g/mol. The monoisotopic (exact) mass is 577 g/mol. The molecule has 1 saturated heterocycles. The number of para-hydroxylation sites is 2. The number of aromatic nitrogens is 2. The Labute approximate surface area is 232 Å². The van der Waals surface area contributed by atoms with E-state index in [4.69, 9.17) is 18.6 Å². The number of carbonyl (C=O) groups excluding carboxylic acids is 2. The Hall–Kier alpha value is -4.00. The molecule has 0 N–H and O–H groups in total. The first-order valence-electron chi connectivity index (χ1n) is 12.3. The number of thioether (sulfide) groups is 1. The van der Waals surface area contributed by atoms with Crippen LogP contribution < -0.4 is 9.47 Å². The van der Waals surface area contributed by atoms with Crippen LogP contribution in [0.15, 0.2) is 64.9 Å². The minimum Gasteiger partial charge on any atom is -0.461 e. The number of benzene rings is 1. The predicted octanol–water partition coefficient (Wildman–Crippen LogP) is 6.22. The maximum Gasteiger partial charge on any atom is 0.417 e. The van der Waals surface area contributed by atoms with Gasteiger partial charge in [-0.3, -0.25) is 4.79 Å². The molecule has 40 heavy (non-hydrogen) atoms. The molecule has 1 fully saturated rings.